The molecule has 30 heavy (non-hydrogen) atoms. The minimum Gasteiger partial charge on any atom is -0.384 e. The Kier molecular flexibility index (Phi) is 7.56. The third-order valence-corrected chi connectivity index (χ3v) is 5.43. The molecule has 0 unspecified atom stereocenters. The number of hydrogen-bond donors (Lipinski definition) is 2. The summed E-state index contributed by atoms with van der Waals surface area (Å²) < 4.78 is 6.13. The molecule has 0 bridgehead atoms. The molecule has 0 radical (unpaired) electrons. The van der Waals surface area contributed by atoms with Gasteiger partial charge in [-0.05, 0) is 12.0 Å². The molecular formula is C21H29N5O4. The van der Waals surface area contributed by atoms with E-state index >= 15 is 0 Å². The van der Waals surface area contributed by atoms with Crippen molar-refractivity contribution in [1.82, 2.24) is 19.4 Å². The maximum atomic E-state index is 12.8. The van der Waals surface area contributed by atoms with E-state index in [0.717, 1.165) is 39.1 Å². The number of nitrogens with zero attached hydrogens (tertiary/aromatic N) is 3. The Balaban J connectivity index is 1.57. The van der Waals surface area contributed by atoms with E-state index in [1.165, 1.54) is 17.2 Å². The number of nitrogens with two attached hydrogens (primary N) is 1. The monoisotopic (exact) mass is 415 g/mol. The summed E-state index contributed by atoms with van der Waals surface area (Å²) >= 11 is 0. The fourth-order valence-electron chi connectivity index (χ4n) is 3.65. The Morgan fingerprint density at radius 1 is 1.07 bits per heavy atom. The molecule has 1 aliphatic rings. The van der Waals surface area contributed by atoms with Gasteiger partial charge in [-0.1, -0.05) is 30.3 Å². The average molecular weight is 415 g/mol. The van der Waals surface area contributed by atoms with Gasteiger partial charge in [-0.25, -0.2) is 4.79 Å². The van der Waals surface area contributed by atoms with Crippen molar-refractivity contribution in [3.05, 3.63) is 62.3 Å². The Bertz CT molecular complexity index is 962. The molecule has 1 aromatic heterocycles. The molecule has 0 saturated carbocycles. The van der Waals surface area contributed by atoms with Crippen molar-refractivity contribution in [2.24, 2.45) is 0 Å². The second-order valence-corrected chi connectivity index (χ2v) is 7.44. The van der Waals surface area contributed by atoms with Crippen LogP contribution >= 0.6 is 0 Å². The predicted octanol–water partition coefficient (Wildman–Crippen LogP) is -0.192. The predicted molar refractivity (Wildman–Crippen MR) is 115 cm³/mol. The number of H-pyrrole nitrogens is 1. The number of Topliss-reactive ketones (excluding diaryl/α,β-unsaturated/α-hetero) is 1. The highest BCUT2D eigenvalue weighted by Crippen LogP contribution is 2.09. The molecule has 0 spiro atoms. The van der Waals surface area contributed by atoms with E-state index in [0.29, 0.717) is 0 Å². The van der Waals surface area contributed by atoms with Crippen molar-refractivity contribution < 1.29 is 9.53 Å². The van der Waals surface area contributed by atoms with Gasteiger partial charge in [0, 0.05) is 39.8 Å². The number of methoxy groups -OCH3 is 1. The van der Waals surface area contributed by atoms with Crippen LogP contribution in [0.5, 0.6) is 0 Å². The quantitative estimate of drug-likeness (QED) is 0.546. The van der Waals surface area contributed by atoms with E-state index in [9.17, 15) is 14.4 Å². The summed E-state index contributed by atoms with van der Waals surface area (Å²) in [5, 5.41) is 0. The van der Waals surface area contributed by atoms with Gasteiger partial charge in [0.25, 0.3) is 5.56 Å². The van der Waals surface area contributed by atoms with Crippen LogP contribution in [0.25, 0.3) is 0 Å². The van der Waals surface area contributed by atoms with Crippen LogP contribution in [0.2, 0.25) is 0 Å². The first kappa shape index (κ1) is 21.9. The Hall–Kier alpha value is -2.75. The van der Waals surface area contributed by atoms with Crippen LogP contribution in [0.15, 0.2) is 39.9 Å². The zero-order valence-corrected chi connectivity index (χ0v) is 17.3. The molecule has 3 N–H and O–H groups in total. The Labute approximate surface area is 175 Å². The number of aromatic nitrogens is 2. The van der Waals surface area contributed by atoms with Crippen LogP contribution in [0.4, 0.5) is 5.82 Å². The van der Waals surface area contributed by atoms with Gasteiger partial charge in [0.15, 0.2) is 5.78 Å². The van der Waals surface area contributed by atoms with E-state index in [-0.39, 0.29) is 36.9 Å². The summed E-state index contributed by atoms with van der Waals surface area (Å²) in [6, 6.07) is 10.4. The molecule has 9 nitrogen and oxygen atoms in total. The second-order valence-electron chi connectivity index (χ2n) is 7.44. The third kappa shape index (κ3) is 5.44. The number of nitrogen functional groups attached to an aromatic ring is 1. The first-order valence-corrected chi connectivity index (χ1v) is 10.1. The van der Waals surface area contributed by atoms with Crippen molar-refractivity contribution in [2.45, 2.75) is 13.0 Å². The fraction of sp³-hybridized carbons (Fsp3) is 0.476. The van der Waals surface area contributed by atoms with Gasteiger partial charge in [0.2, 0.25) is 0 Å². The van der Waals surface area contributed by atoms with E-state index in [1.807, 2.05) is 23.1 Å². The highest BCUT2D eigenvalue weighted by Gasteiger charge is 2.24. The van der Waals surface area contributed by atoms with Gasteiger partial charge in [0.05, 0.1) is 19.7 Å². The highest BCUT2D eigenvalue weighted by molar-refractivity contribution is 6.01. The first-order valence-electron chi connectivity index (χ1n) is 10.1. The molecule has 2 aromatic rings. The normalized spacial score (nSPS) is 15.4. The number of anilines is 1. The lowest BCUT2D eigenvalue weighted by Crippen LogP contribution is -2.49. The van der Waals surface area contributed by atoms with Crippen LogP contribution in [0, 0.1) is 0 Å². The highest BCUT2D eigenvalue weighted by atomic mass is 16.5. The second kappa shape index (κ2) is 10.3. The number of ether oxygens (including phenoxy) is 1. The third-order valence-electron chi connectivity index (χ3n) is 5.43. The molecule has 0 aliphatic carbocycles. The maximum absolute atomic E-state index is 12.8. The lowest BCUT2D eigenvalue weighted by atomic mass is 10.1. The van der Waals surface area contributed by atoms with Crippen molar-refractivity contribution in [3.63, 3.8) is 0 Å². The minimum absolute atomic E-state index is 0.0995. The molecular weight excluding hydrogens is 386 g/mol. The number of hydrogen-bond acceptors (Lipinski definition) is 7. The molecule has 1 saturated heterocycles. The van der Waals surface area contributed by atoms with Gasteiger partial charge in [-0.3, -0.25) is 24.0 Å². The standard InChI is InChI=1S/C21H29N5O4/c1-30-14-13-26-19(22)18(20(28)23-21(26)29)17(27)15-25-11-9-24(10-12-25)8-7-16-5-3-2-4-6-16/h2-6H,7-15,22H2,1H3,(H,23,28,29). The van der Waals surface area contributed by atoms with Crippen LogP contribution in [-0.4, -0.2) is 78.1 Å². The number of aromatic amines is 1. The molecule has 2 heterocycles. The fourth-order valence-corrected chi connectivity index (χ4v) is 3.65. The van der Waals surface area contributed by atoms with Crippen molar-refractivity contribution in [1.29, 1.82) is 0 Å². The van der Waals surface area contributed by atoms with Crippen molar-refractivity contribution in [3.8, 4) is 0 Å². The maximum Gasteiger partial charge on any atom is 0.330 e. The van der Waals surface area contributed by atoms with Gasteiger partial charge in [-0.2, -0.15) is 0 Å². The Morgan fingerprint density at radius 3 is 2.40 bits per heavy atom. The number of nitrogens with one attached hydrogen (secondary N) is 1. The smallest absolute Gasteiger partial charge is 0.330 e. The van der Waals surface area contributed by atoms with E-state index in [4.69, 9.17) is 10.5 Å². The van der Waals surface area contributed by atoms with Gasteiger partial charge in [0.1, 0.15) is 11.4 Å². The molecule has 1 aromatic carbocycles. The molecule has 1 fully saturated rings. The van der Waals surface area contributed by atoms with Gasteiger partial charge < -0.3 is 15.4 Å². The summed E-state index contributed by atoms with van der Waals surface area (Å²) in [4.78, 5) is 43.5. The van der Waals surface area contributed by atoms with Crippen LogP contribution < -0.4 is 17.0 Å². The zero-order chi connectivity index (χ0) is 21.5. The molecule has 0 amide bonds. The summed E-state index contributed by atoms with van der Waals surface area (Å²) in [6.45, 7) is 4.68. The van der Waals surface area contributed by atoms with Crippen molar-refractivity contribution >= 4 is 11.6 Å². The molecule has 162 valence electrons. The number of benzene rings is 1. The number of ketones is 1. The molecule has 3 rings (SSSR count). The average Bonchev–Trinajstić information content (AvgIpc) is 2.73. The number of carbonyl (C=O) groups excluding carboxylic acids is 1. The summed E-state index contributed by atoms with van der Waals surface area (Å²) in [5.41, 5.74) is 5.77. The SMILES string of the molecule is COCCn1c(N)c(C(=O)CN2CCN(CCc3ccccc3)CC2)c(=O)[nH]c1=O. The lowest BCUT2D eigenvalue weighted by molar-refractivity contribution is 0.0852. The molecule has 9 heteroatoms. The van der Waals surface area contributed by atoms with Crippen LogP contribution in [0.1, 0.15) is 15.9 Å². The topological polar surface area (TPSA) is 114 Å². The zero-order valence-electron chi connectivity index (χ0n) is 17.3. The number of rotatable bonds is 9. The van der Waals surface area contributed by atoms with Gasteiger partial charge in [-0.15, -0.1) is 0 Å². The number of piperazine rings is 1. The van der Waals surface area contributed by atoms with Crippen LogP contribution in [-0.2, 0) is 17.7 Å². The summed E-state index contributed by atoms with van der Waals surface area (Å²) in [5.74, 6) is -0.482. The molecule has 1 aliphatic heterocycles. The lowest BCUT2D eigenvalue weighted by Gasteiger charge is -2.34. The Morgan fingerprint density at radius 2 is 1.73 bits per heavy atom. The van der Waals surface area contributed by atoms with Crippen LogP contribution in [0.3, 0.4) is 0 Å². The van der Waals surface area contributed by atoms with Crippen molar-refractivity contribution in [2.75, 3.05) is 58.7 Å². The van der Waals surface area contributed by atoms with E-state index < -0.39 is 11.2 Å². The summed E-state index contributed by atoms with van der Waals surface area (Å²) in [6.07, 6.45) is 0.995. The number of carbonyl (C=O) groups is 1. The summed E-state index contributed by atoms with van der Waals surface area (Å²) in [7, 11) is 1.50. The first-order chi connectivity index (χ1) is 14.5. The molecule has 0 atom stereocenters. The largest absolute Gasteiger partial charge is 0.384 e. The minimum atomic E-state index is -0.738. The van der Waals surface area contributed by atoms with E-state index in [1.54, 1.807) is 0 Å². The van der Waals surface area contributed by atoms with Gasteiger partial charge >= 0.3 is 5.69 Å². The van der Waals surface area contributed by atoms with E-state index in [2.05, 4.69) is 22.0 Å².